The number of aryl methyl sites for hydroxylation is 1. The van der Waals surface area contributed by atoms with Crippen LogP contribution in [0.15, 0.2) is 84.1 Å². The molecule has 3 aromatic carbocycles. The highest BCUT2D eigenvalue weighted by Crippen LogP contribution is 2.23. The summed E-state index contributed by atoms with van der Waals surface area (Å²) in [4.78, 5) is 12.2. The number of carbonyl (C=O) groups is 1. The molecule has 0 fully saturated rings. The number of hydrazone groups is 1. The molecule has 150 valence electrons. The van der Waals surface area contributed by atoms with Gasteiger partial charge < -0.3 is 4.57 Å². The Bertz CT molecular complexity index is 1210. The van der Waals surface area contributed by atoms with Gasteiger partial charge in [0, 0.05) is 34.2 Å². The van der Waals surface area contributed by atoms with Gasteiger partial charge in [-0.3, -0.25) is 4.79 Å². The van der Waals surface area contributed by atoms with Gasteiger partial charge in [-0.05, 0) is 30.2 Å². The van der Waals surface area contributed by atoms with Gasteiger partial charge >= 0.3 is 0 Å². The van der Waals surface area contributed by atoms with E-state index in [-0.39, 0.29) is 5.91 Å². The molecule has 1 N–H and O–H groups in total. The van der Waals surface area contributed by atoms with E-state index in [2.05, 4.69) is 21.2 Å². The number of para-hydroxylation sites is 1. The van der Waals surface area contributed by atoms with Gasteiger partial charge in [0.15, 0.2) is 0 Å². The monoisotopic (exact) mass is 415 g/mol. The molecule has 1 aromatic heterocycles. The first-order valence-corrected chi connectivity index (χ1v) is 10.2. The molecule has 1 heterocycles. The van der Waals surface area contributed by atoms with Crippen LogP contribution in [0.25, 0.3) is 10.9 Å². The van der Waals surface area contributed by atoms with Crippen LogP contribution in [0.5, 0.6) is 0 Å². The number of fused-ring (bicyclic) bond motifs is 1. The zero-order valence-electron chi connectivity index (χ0n) is 16.7. The normalized spacial score (nSPS) is 11.3. The van der Waals surface area contributed by atoms with E-state index in [0.717, 1.165) is 32.6 Å². The molecule has 5 heteroatoms. The second-order valence-electron chi connectivity index (χ2n) is 7.28. The Kier molecular flexibility index (Phi) is 5.96. The molecule has 0 atom stereocenters. The van der Waals surface area contributed by atoms with Gasteiger partial charge in [0.1, 0.15) is 0 Å². The van der Waals surface area contributed by atoms with Crippen LogP contribution < -0.4 is 5.43 Å². The van der Waals surface area contributed by atoms with Crippen LogP contribution in [0.1, 0.15) is 22.3 Å². The Morgan fingerprint density at radius 3 is 2.57 bits per heavy atom. The van der Waals surface area contributed by atoms with Crippen molar-refractivity contribution < 1.29 is 4.79 Å². The van der Waals surface area contributed by atoms with Crippen molar-refractivity contribution in [3.05, 3.63) is 106 Å². The first-order chi connectivity index (χ1) is 14.6. The van der Waals surface area contributed by atoms with E-state index in [1.807, 2.05) is 79.9 Å². The van der Waals surface area contributed by atoms with E-state index >= 15 is 0 Å². The molecule has 0 spiro atoms. The number of carbonyl (C=O) groups excluding carboxylic acids is 1. The molecule has 0 saturated carbocycles. The van der Waals surface area contributed by atoms with E-state index < -0.39 is 0 Å². The number of nitrogens with one attached hydrogen (secondary N) is 1. The van der Waals surface area contributed by atoms with E-state index in [9.17, 15) is 4.79 Å². The number of aromatic nitrogens is 1. The summed E-state index contributed by atoms with van der Waals surface area (Å²) < 4.78 is 2.14. The average molecular weight is 416 g/mol. The maximum absolute atomic E-state index is 12.2. The summed E-state index contributed by atoms with van der Waals surface area (Å²) in [6.45, 7) is 2.68. The molecular weight excluding hydrogens is 394 g/mol. The van der Waals surface area contributed by atoms with Crippen molar-refractivity contribution in [2.45, 2.75) is 19.9 Å². The number of benzene rings is 3. The smallest absolute Gasteiger partial charge is 0.244 e. The molecule has 4 nitrogen and oxygen atoms in total. The molecule has 0 aliphatic carbocycles. The summed E-state index contributed by atoms with van der Waals surface area (Å²) in [7, 11) is 0. The quantitative estimate of drug-likeness (QED) is 0.335. The Labute approximate surface area is 180 Å². The number of hydrogen-bond donors (Lipinski definition) is 1. The van der Waals surface area contributed by atoms with E-state index in [4.69, 9.17) is 11.6 Å². The van der Waals surface area contributed by atoms with Gasteiger partial charge in [0.25, 0.3) is 0 Å². The lowest BCUT2D eigenvalue weighted by atomic mass is 10.1. The van der Waals surface area contributed by atoms with Crippen LogP contribution in [-0.4, -0.2) is 16.7 Å². The molecule has 0 aliphatic heterocycles. The minimum Gasteiger partial charge on any atom is -0.342 e. The third kappa shape index (κ3) is 4.61. The second kappa shape index (κ2) is 8.97. The topological polar surface area (TPSA) is 46.4 Å². The lowest BCUT2D eigenvalue weighted by Crippen LogP contribution is -2.19. The summed E-state index contributed by atoms with van der Waals surface area (Å²) >= 11 is 6.34. The Balaban J connectivity index is 1.50. The fourth-order valence-electron chi connectivity index (χ4n) is 3.42. The summed E-state index contributed by atoms with van der Waals surface area (Å²) in [5, 5.41) is 5.99. The van der Waals surface area contributed by atoms with Gasteiger partial charge in [-0.25, -0.2) is 5.43 Å². The second-order valence-corrected chi connectivity index (χ2v) is 7.68. The number of rotatable bonds is 6. The van der Waals surface area contributed by atoms with Crippen LogP contribution in [0.3, 0.4) is 0 Å². The lowest BCUT2D eigenvalue weighted by Gasteiger charge is -2.07. The highest BCUT2D eigenvalue weighted by molar-refractivity contribution is 6.31. The first-order valence-electron chi connectivity index (χ1n) is 9.79. The molecule has 0 saturated heterocycles. The fourth-order valence-corrected chi connectivity index (χ4v) is 3.62. The molecule has 30 heavy (non-hydrogen) atoms. The van der Waals surface area contributed by atoms with Crippen molar-refractivity contribution in [3.63, 3.8) is 0 Å². The molecular formula is C25H22ClN3O. The van der Waals surface area contributed by atoms with Crippen LogP contribution in [0, 0.1) is 6.92 Å². The van der Waals surface area contributed by atoms with Crippen molar-refractivity contribution in [2.24, 2.45) is 5.10 Å². The number of hydrogen-bond acceptors (Lipinski definition) is 2. The third-order valence-corrected chi connectivity index (χ3v) is 5.36. The standard InChI is InChI=1S/C25H22ClN3O/c1-18-10-12-19(13-11-18)14-25(30)28-27-15-21-17-29(24-9-5-3-7-22(21)24)16-20-6-2-4-8-23(20)26/h2-13,15,17H,14,16H2,1H3,(H,28,30)/b27-15-. The Hall–Kier alpha value is -3.37. The van der Waals surface area contributed by atoms with Crippen molar-refractivity contribution in [1.82, 2.24) is 9.99 Å². The maximum Gasteiger partial charge on any atom is 0.244 e. The van der Waals surface area contributed by atoms with Crippen molar-refractivity contribution in [1.29, 1.82) is 0 Å². The number of amides is 1. The van der Waals surface area contributed by atoms with Crippen molar-refractivity contribution >= 4 is 34.6 Å². The minimum atomic E-state index is -0.144. The van der Waals surface area contributed by atoms with Crippen LogP contribution >= 0.6 is 11.6 Å². The van der Waals surface area contributed by atoms with Crippen molar-refractivity contribution in [3.8, 4) is 0 Å². The lowest BCUT2D eigenvalue weighted by molar-refractivity contribution is -0.120. The van der Waals surface area contributed by atoms with Gasteiger partial charge in [-0.1, -0.05) is 77.8 Å². The molecule has 0 bridgehead atoms. The largest absolute Gasteiger partial charge is 0.342 e. The Morgan fingerprint density at radius 1 is 1.03 bits per heavy atom. The fraction of sp³-hybridized carbons (Fsp3) is 0.120. The van der Waals surface area contributed by atoms with E-state index in [1.165, 1.54) is 5.56 Å². The number of nitrogens with zero attached hydrogens (tertiary/aromatic N) is 2. The molecule has 4 aromatic rings. The number of halogens is 1. The maximum atomic E-state index is 12.2. The summed E-state index contributed by atoms with van der Waals surface area (Å²) in [5.41, 5.74) is 7.84. The zero-order valence-corrected chi connectivity index (χ0v) is 17.4. The van der Waals surface area contributed by atoms with Crippen molar-refractivity contribution in [2.75, 3.05) is 0 Å². The van der Waals surface area contributed by atoms with E-state index in [0.29, 0.717) is 13.0 Å². The summed E-state index contributed by atoms with van der Waals surface area (Å²) in [6, 6.07) is 23.9. The molecule has 4 rings (SSSR count). The summed E-state index contributed by atoms with van der Waals surface area (Å²) in [6.07, 6.45) is 4.02. The zero-order chi connectivity index (χ0) is 20.9. The molecule has 0 aliphatic rings. The van der Waals surface area contributed by atoms with Crippen LogP contribution in [0.4, 0.5) is 0 Å². The van der Waals surface area contributed by atoms with Crippen LogP contribution in [0.2, 0.25) is 5.02 Å². The molecule has 0 radical (unpaired) electrons. The predicted octanol–water partition coefficient (Wildman–Crippen LogP) is 5.34. The van der Waals surface area contributed by atoms with Crippen LogP contribution in [-0.2, 0) is 17.8 Å². The third-order valence-electron chi connectivity index (χ3n) is 5.00. The van der Waals surface area contributed by atoms with Gasteiger partial charge in [0.2, 0.25) is 5.91 Å². The minimum absolute atomic E-state index is 0.144. The van der Waals surface area contributed by atoms with Gasteiger partial charge in [-0.15, -0.1) is 0 Å². The van der Waals surface area contributed by atoms with Gasteiger partial charge in [-0.2, -0.15) is 5.10 Å². The average Bonchev–Trinajstić information content (AvgIpc) is 3.09. The first kappa shape index (κ1) is 19.9. The predicted molar refractivity (Wildman–Crippen MR) is 123 cm³/mol. The van der Waals surface area contributed by atoms with E-state index in [1.54, 1.807) is 6.21 Å². The van der Waals surface area contributed by atoms with Gasteiger partial charge in [0.05, 0.1) is 12.6 Å². The molecule has 0 unspecified atom stereocenters. The molecule has 1 amide bonds. The SMILES string of the molecule is Cc1ccc(CC(=O)N/N=C\c2cn(Cc3ccccc3Cl)c3ccccc23)cc1. The summed E-state index contributed by atoms with van der Waals surface area (Å²) in [5.74, 6) is -0.144. The Morgan fingerprint density at radius 2 is 1.77 bits per heavy atom. The highest BCUT2D eigenvalue weighted by atomic mass is 35.5. The highest BCUT2D eigenvalue weighted by Gasteiger charge is 2.09.